The van der Waals surface area contributed by atoms with E-state index in [9.17, 15) is 8.42 Å². The summed E-state index contributed by atoms with van der Waals surface area (Å²) in [7, 11) is -3.91. The zero-order valence-electron chi connectivity index (χ0n) is 20.4. The second-order valence-electron chi connectivity index (χ2n) is 9.80. The molecule has 0 radical (unpaired) electrons. The first kappa shape index (κ1) is 25.5. The fraction of sp³-hybridized carbons (Fsp3) is 0.481. The molecule has 0 saturated heterocycles. The minimum absolute atomic E-state index is 0.140. The van der Waals surface area contributed by atoms with Crippen LogP contribution in [0.2, 0.25) is 5.02 Å². The van der Waals surface area contributed by atoms with Gasteiger partial charge in [-0.1, -0.05) is 80.5 Å². The topological polar surface area (TPSA) is 68.7 Å². The summed E-state index contributed by atoms with van der Waals surface area (Å²) in [5.74, 6) is 0. The highest BCUT2D eigenvalue weighted by atomic mass is 35.5. The van der Waals surface area contributed by atoms with Crippen molar-refractivity contribution < 1.29 is 8.42 Å². The third-order valence-corrected chi connectivity index (χ3v) is 9.90. The Kier molecular flexibility index (Phi) is 8.13. The quantitative estimate of drug-likeness (QED) is 0.377. The summed E-state index contributed by atoms with van der Waals surface area (Å²) >= 11 is 7.44. The molecule has 1 aromatic heterocycles. The third kappa shape index (κ3) is 6.03. The van der Waals surface area contributed by atoms with E-state index < -0.39 is 10.0 Å². The first-order chi connectivity index (χ1) is 17.5. The third-order valence-electron chi connectivity index (χ3n) is 7.12. The van der Waals surface area contributed by atoms with Crippen LogP contribution in [-0.2, 0) is 16.6 Å². The molecule has 6 nitrogen and oxygen atoms in total. The van der Waals surface area contributed by atoms with E-state index in [1.165, 1.54) is 62.2 Å². The number of halogens is 1. The molecule has 0 aliphatic heterocycles. The van der Waals surface area contributed by atoms with Crippen molar-refractivity contribution in [2.45, 2.75) is 87.7 Å². The molecule has 0 atom stereocenters. The summed E-state index contributed by atoms with van der Waals surface area (Å²) in [6, 6.07) is 16.9. The molecular weight excluding hydrogens is 512 g/mol. The molecule has 0 bridgehead atoms. The zero-order chi connectivity index (χ0) is 25.0. The van der Waals surface area contributed by atoms with Gasteiger partial charge in [0.1, 0.15) is 0 Å². The molecule has 0 N–H and O–H groups in total. The molecule has 0 amide bonds. The van der Waals surface area contributed by atoms with E-state index in [4.69, 9.17) is 16.6 Å². The van der Waals surface area contributed by atoms with Crippen LogP contribution < -0.4 is 10.4 Å². The van der Waals surface area contributed by atoms with Crippen LogP contribution in [0.5, 0.6) is 0 Å². The molecule has 2 aromatic carbocycles. The number of hydrogen-bond donors (Lipinski definition) is 0. The van der Waals surface area contributed by atoms with Crippen LogP contribution in [0, 0.1) is 0 Å². The van der Waals surface area contributed by atoms with Gasteiger partial charge in [-0.3, -0.25) is 8.52 Å². The highest BCUT2D eigenvalue weighted by Crippen LogP contribution is 2.28. The fourth-order valence-corrected chi connectivity index (χ4v) is 7.62. The molecule has 2 aliphatic carbocycles. The lowest BCUT2D eigenvalue weighted by Crippen LogP contribution is -2.35. The number of rotatable bonds is 6. The van der Waals surface area contributed by atoms with E-state index in [-0.39, 0.29) is 10.9 Å². The van der Waals surface area contributed by atoms with Crippen molar-refractivity contribution >= 4 is 33.2 Å². The van der Waals surface area contributed by atoms with Gasteiger partial charge in [0.2, 0.25) is 10.4 Å². The van der Waals surface area contributed by atoms with Crippen LogP contribution in [0.1, 0.15) is 75.8 Å². The van der Waals surface area contributed by atoms with Gasteiger partial charge in [-0.15, -0.1) is 4.40 Å². The van der Waals surface area contributed by atoms with Crippen LogP contribution in [0.3, 0.4) is 0 Å². The summed E-state index contributed by atoms with van der Waals surface area (Å²) in [6.45, 7) is 0.525. The second kappa shape index (κ2) is 11.5. The Hall–Kier alpha value is -2.16. The van der Waals surface area contributed by atoms with Crippen LogP contribution in [0.4, 0.5) is 0 Å². The Morgan fingerprint density at radius 3 is 2.17 bits per heavy atom. The van der Waals surface area contributed by atoms with Crippen molar-refractivity contribution in [1.29, 1.82) is 0 Å². The molecule has 0 unspecified atom stereocenters. The molecular formula is C27H33ClN4O2S2. The van der Waals surface area contributed by atoms with Crippen LogP contribution >= 0.6 is 23.1 Å². The van der Waals surface area contributed by atoms with E-state index in [1.54, 1.807) is 12.1 Å². The Balaban J connectivity index is 1.70. The summed E-state index contributed by atoms with van der Waals surface area (Å²) < 4.78 is 35.4. The number of hydrogen-bond acceptors (Lipinski definition) is 4. The fourth-order valence-electron chi connectivity index (χ4n) is 5.17. The minimum atomic E-state index is -3.91. The Bertz CT molecular complexity index is 1390. The van der Waals surface area contributed by atoms with Gasteiger partial charge in [-0.2, -0.15) is 8.42 Å². The summed E-state index contributed by atoms with van der Waals surface area (Å²) in [6.07, 6.45) is 11.6. The highest BCUT2D eigenvalue weighted by Gasteiger charge is 2.23. The van der Waals surface area contributed by atoms with Gasteiger partial charge in [0.15, 0.2) is 0 Å². The second-order valence-corrected chi connectivity index (χ2v) is 12.8. The number of aromatic nitrogens is 2. The molecule has 192 valence electrons. The van der Waals surface area contributed by atoms with Crippen molar-refractivity contribution in [2.75, 3.05) is 0 Å². The van der Waals surface area contributed by atoms with Crippen molar-refractivity contribution in [3.05, 3.63) is 75.6 Å². The first-order valence-corrected chi connectivity index (χ1v) is 15.6. The average molecular weight is 545 g/mol. The molecule has 5 rings (SSSR count). The summed E-state index contributed by atoms with van der Waals surface area (Å²) in [4.78, 5) is 5.90. The Morgan fingerprint density at radius 2 is 1.50 bits per heavy atom. The molecule has 3 aromatic rings. The standard InChI is InChI=1S/C27H33ClN4O2S2/c28-22-16-18-25(19-17-22)36(33,34)30-27-31(20-21-10-4-1-5-11-21)26(29-23-12-6-2-7-13-23)32(35-27)24-14-8-3-9-15-24/h1,4-5,10-11,16-19,23-24H,2-3,6-9,12-15,20H2/b29-26?,30-27-. The van der Waals surface area contributed by atoms with Gasteiger partial charge in [0, 0.05) is 11.1 Å². The van der Waals surface area contributed by atoms with Crippen molar-refractivity contribution in [3.63, 3.8) is 0 Å². The number of benzene rings is 2. The molecule has 1 heterocycles. The van der Waals surface area contributed by atoms with Crippen molar-refractivity contribution in [1.82, 2.24) is 8.52 Å². The Labute approximate surface area is 222 Å². The predicted molar refractivity (Wildman–Crippen MR) is 145 cm³/mol. The maximum atomic E-state index is 13.3. The van der Waals surface area contributed by atoms with Crippen LogP contribution in [0.25, 0.3) is 0 Å². The highest BCUT2D eigenvalue weighted by molar-refractivity contribution is 7.90. The van der Waals surface area contributed by atoms with Gasteiger partial charge >= 0.3 is 0 Å². The van der Waals surface area contributed by atoms with Gasteiger partial charge in [0.05, 0.1) is 17.5 Å². The van der Waals surface area contributed by atoms with Crippen molar-refractivity contribution in [3.8, 4) is 0 Å². The maximum absolute atomic E-state index is 13.3. The van der Waals surface area contributed by atoms with Gasteiger partial charge in [-0.05, 0) is 67.0 Å². The molecule has 36 heavy (non-hydrogen) atoms. The Morgan fingerprint density at radius 1 is 0.861 bits per heavy atom. The number of sulfonamides is 1. The molecule has 2 aliphatic rings. The normalized spacial score (nSPS) is 19.1. The zero-order valence-corrected chi connectivity index (χ0v) is 22.8. The first-order valence-electron chi connectivity index (χ1n) is 13.0. The summed E-state index contributed by atoms with van der Waals surface area (Å²) in [5.41, 5.74) is 1.96. The largest absolute Gasteiger partial charge is 0.285 e. The van der Waals surface area contributed by atoms with Gasteiger partial charge < -0.3 is 0 Å². The monoisotopic (exact) mass is 544 g/mol. The SMILES string of the molecule is O=S(=O)(/N=c1\sn(C2CCCCC2)c(=NC2CCCCC2)n1Cc1ccccc1)c1ccc(Cl)cc1. The lowest BCUT2D eigenvalue weighted by Gasteiger charge is -2.23. The van der Waals surface area contributed by atoms with Crippen molar-refractivity contribution in [2.24, 2.45) is 9.39 Å². The molecule has 2 fully saturated rings. The van der Waals surface area contributed by atoms with Gasteiger partial charge in [-0.25, -0.2) is 4.99 Å². The smallest absolute Gasteiger partial charge is 0.281 e. The lowest BCUT2D eigenvalue weighted by atomic mass is 9.96. The van der Waals surface area contributed by atoms with Gasteiger partial charge in [0.25, 0.3) is 10.0 Å². The molecule has 0 spiro atoms. The van der Waals surface area contributed by atoms with Crippen LogP contribution in [-0.4, -0.2) is 23.0 Å². The average Bonchev–Trinajstić information content (AvgIpc) is 3.21. The van der Waals surface area contributed by atoms with E-state index in [2.05, 4.69) is 20.5 Å². The summed E-state index contributed by atoms with van der Waals surface area (Å²) in [5, 5.41) is 0.493. The van der Waals surface area contributed by atoms with Crippen LogP contribution in [0.15, 0.2) is 68.9 Å². The molecule has 9 heteroatoms. The van der Waals surface area contributed by atoms with E-state index in [1.807, 2.05) is 22.8 Å². The predicted octanol–water partition coefficient (Wildman–Crippen LogP) is 6.08. The van der Waals surface area contributed by atoms with E-state index >= 15 is 0 Å². The lowest BCUT2D eigenvalue weighted by molar-refractivity contribution is 0.350. The van der Waals surface area contributed by atoms with E-state index in [0.29, 0.717) is 22.4 Å². The van der Waals surface area contributed by atoms with E-state index in [0.717, 1.165) is 36.9 Å². The maximum Gasteiger partial charge on any atom is 0.285 e. The minimum Gasteiger partial charge on any atom is -0.281 e. The molecule has 2 saturated carbocycles. The number of nitrogens with zero attached hydrogens (tertiary/aromatic N) is 4.